The maximum absolute atomic E-state index is 14.0. The van der Waals surface area contributed by atoms with Gasteiger partial charge < -0.3 is 10.1 Å². The summed E-state index contributed by atoms with van der Waals surface area (Å²) in [5.41, 5.74) is 0.935. The summed E-state index contributed by atoms with van der Waals surface area (Å²) < 4.78 is 18.9. The first-order chi connectivity index (χ1) is 18.2. The van der Waals surface area contributed by atoms with Crippen LogP contribution >= 0.6 is 0 Å². The number of amides is 2. The number of methoxy groups -OCH3 is 1. The predicted molar refractivity (Wildman–Crippen MR) is 139 cm³/mol. The van der Waals surface area contributed by atoms with Gasteiger partial charge in [-0.2, -0.15) is 4.80 Å². The number of anilines is 1. The van der Waals surface area contributed by atoms with Gasteiger partial charge in [0.25, 0.3) is 5.91 Å². The molecule has 0 aliphatic rings. The quantitative estimate of drug-likeness (QED) is 0.380. The van der Waals surface area contributed by atoms with E-state index in [0.717, 1.165) is 4.80 Å². The first-order valence-corrected chi connectivity index (χ1v) is 11.9. The molecule has 10 nitrogen and oxygen atoms in total. The Labute approximate surface area is 219 Å². The number of carbonyl (C=O) groups is 2. The number of nitrogens with zero attached hydrogens (tertiary/aromatic N) is 6. The number of para-hydroxylation sites is 2. The van der Waals surface area contributed by atoms with E-state index in [-0.39, 0.29) is 24.1 Å². The van der Waals surface area contributed by atoms with Crippen molar-refractivity contribution in [3.63, 3.8) is 0 Å². The second-order valence-electron chi connectivity index (χ2n) is 9.51. The van der Waals surface area contributed by atoms with Crippen LogP contribution in [0.5, 0.6) is 5.75 Å². The van der Waals surface area contributed by atoms with Gasteiger partial charge in [0.05, 0.1) is 12.8 Å². The molecular formula is C27H28FN7O3. The summed E-state index contributed by atoms with van der Waals surface area (Å²) in [6, 6.07) is 14.9. The summed E-state index contributed by atoms with van der Waals surface area (Å²) in [5, 5.41) is 15.3. The van der Waals surface area contributed by atoms with Gasteiger partial charge in [0.1, 0.15) is 24.2 Å². The van der Waals surface area contributed by atoms with Crippen molar-refractivity contribution in [3.8, 4) is 17.1 Å². The highest BCUT2D eigenvalue weighted by Gasteiger charge is 2.36. The molecule has 196 valence electrons. The molecule has 0 bridgehead atoms. The van der Waals surface area contributed by atoms with Crippen molar-refractivity contribution in [1.29, 1.82) is 0 Å². The van der Waals surface area contributed by atoms with E-state index in [1.165, 1.54) is 36.3 Å². The molecule has 2 aromatic carbocycles. The smallest absolute Gasteiger partial charge is 0.251 e. The molecule has 4 rings (SSSR count). The Morgan fingerprint density at radius 3 is 2.39 bits per heavy atom. The van der Waals surface area contributed by atoms with Crippen molar-refractivity contribution in [2.24, 2.45) is 0 Å². The first-order valence-electron chi connectivity index (χ1n) is 11.9. The van der Waals surface area contributed by atoms with Crippen molar-refractivity contribution in [1.82, 2.24) is 30.5 Å². The summed E-state index contributed by atoms with van der Waals surface area (Å²) in [6.45, 7) is 5.26. The first kappa shape index (κ1) is 26.4. The highest BCUT2D eigenvalue weighted by Crippen LogP contribution is 2.35. The number of nitrogens with one attached hydrogen (secondary N) is 1. The Morgan fingerprint density at radius 1 is 1.05 bits per heavy atom. The van der Waals surface area contributed by atoms with Crippen molar-refractivity contribution in [2.45, 2.75) is 38.9 Å². The zero-order chi connectivity index (χ0) is 27.3. The molecule has 0 spiro atoms. The number of aromatic nitrogens is 5. The molecule has 2 aromatic heterocycles. The van der Waals surface area contributed by atoms with Crippen LogP contribution in [0, 0.1) is 5.82 Å². The van der Waals surface area contributed by atoms with Crippen LogP contribution in [-0.4, -0.2) is 49.7 Å². The van der Waals surface area contributed by atoms with Crippen LogP contribution < -0.4 is 15.0 Å². The zero-order valence-electron chi connectivity index (χ0n) is 21.5. The predicted octanol–water partition coefficient (Wildman–Crippen LogP) is 3.57. The highest BCUT2D eigenvalue weighted by atomic mass is 19.1. The SMILES string of the molecule is COc1ccccc1N(C(=O)Cn1nnc(-c2ccc(F)cc2)n1)[C@@H](C(=O)NC(C)(C)C)c1ccncc1. The Bertz CT molecular complexity index is 1400. The summed E-state index contributed by atoms with van der Waals surface area (Å²) in [4.78, 5) is 34.2. The second kappa shape index (κ2) is 11.2. The van der Waals surface area contributed by atoms with E-state index < -0.39 is 17.5 Å². The van der Waals surface area contributed by atoms with E-state index in [0.29, 0.717) is 22.6 Å². The summed E-state index contributed by atoms with van der Waals surface area (Å²) in [6.07, 6.45) is 3.12. The van der Waals surface area contributed by atoms with Crippen LogP contribution in [0.2, 0.25) is 0 Å². The van der Waals surface area contributed by atoms with Gasteiger partial charge in [-0.15, -0.1) is 10.2 Å². The molecule has 0 saturated heterocycles. The lowest BCUT2D eigenvalue weighted by atomic mass is 10.0. The van der Waals surface area contributed by atoms with E-state index in [9.17, 15) is 14.0 Å². The fourth-order valence-corrected chi connectivity index (χ4v) is 3.87. The standard InChI is InChI=1S/C27H28FN7O3/c1-27(2,3)30-26(37)24(18-13-15-29-16-14-18)35(21-7-5-6-8-22(21)38-4)23(36)17-34-32-25(31-33-34)19-9-11-20(28)12-10-19/h5-16,24H,17H2,1-4H3,(H,30,37)/t24-/m1/s1. The monoisotopic (exact) mass is 517 g/mol. The average molecular weight is 518 g/mol. The van der Waals surface area contributed by atoms with Crippen LogP contribution in [-0.2, 0) is 16.1 Å². The molecule has 0 radical (unpaired) electrons. The zero-order valence-corrected chi connectivity index (χ0v) is 21.5. The Balaban J connectivity index is 1.76. The third kappa shape index (κ3) is 6.17. The molecule has 38 heavy (non-hydrogen) atoms. The number of pyridine rings is 1. The van der Waals surface area contributed by atoms with E-state index in [2.05, 4.69) is 25.7 Å². The normalized spacial score (nSPS) is 12.0. The number of halogens is 1. The van der Waals surface area contributed by atoms with Gasteiger partial charge in [0.15, 0.2) is 0 Å². The molecule has 0 aliphatic heterocycles. The van der Waals surface area contributed by atoms with Gasteiger partial charge in [-0.3, -0.25) is 19.5 Å². The number of carbonyl (C=O) groups excluding carboxylic acids is 2. The lowest BCUT2D eigenvalue weighted by molar-refractivity contribution is -0.128. The van der Waals surface area contributed by atoms with Crippen LogP contribution in [0.25, 0.3) is 11.4 Å². The largest absolute Gasteiger partial charge is 0.495 e. The maximum Gasteiger partial charge on any atom is 0.251 e. The lowest BCUT2D eigenvalue weighted by Crippen LogP contribution is -2.50. The number of hydrogen-bond donors (Lipinski definition) is 1. The topological polar surface area (TPSA) is 115 Å². The van der Waals surface area contributed by atoms with Crippen molar-refractivity contribution >= 4 is 17.5 Å². The van der Waals surface area contributed by atoms with E-state index >= 15 is 0 Å². The fourth-order valence-electron chi connectivity index (χ4n) is 3.87. The molecule has 11 heteroatoms. The van der Waals surface area contributed by atoms with Gasteiger partial charge in [-0.05, 0) is 80.1 Å². The number of benzene rings is 2. The lowest BCUT2D eigenvalue weighted by Gasteiger charge is -2.34. The molecule has 4 aromatic rings. The Hall–Kier alpha value is -4.67. The molecule has 0 fully saturated rings. The van der Waals surface area contributed by atoms with E-state index in [4.69, 9.17) is 4.74 Å². The number of ether oxygens (including phenoxy) is 1. The number of tetrazole rings is 1. The van der Waals surface area contributed by atoms with Crippen molar-refractivity contribution < 1.29 is 18.7 Å². The summed E-state index contributed by atoms with van der Waals surface area (Å²) >= 11 is 0. The van der Waals surface area contributed by atoms with Gasteiger partial charge in [-0.25, -0.2) is 4.39 Å². The number of rotatable bonds is 8. The highest BCUT2D eigenvalue weighted by molar-refractivity contribution is 6.02. The minimum absolute atomic E-state index is 0.234. The summed E-state index contributed by atoms with van der Waals surface area (Å²) in [7, 11) is 1.49. The van der Waals surface area contributed by atoms with Crippen LogP contribution in [0.3, 0.4) is 0 Å². The van der Waals surface area contributed by atoms with Crippen LogP contribution in [0.1, 0.15) is 32.4 Å². The molecule has 0 unspecified atom stereocenters. The fraction of sp³-hybridized carbons (Fsp3) is 0.259. The molecule has 2 heterocycles. The van der Waals surface area contributed by atoms with E-state index in [1.54, 1.807) is 48.8 Å². The third-order valence-electron chi connectivity index (χ3n) is 5.47. The van der Waals surface area contributed by atoms with Crippen molar-refractivity contribution in [2.75, 3.05) is 12.0 Å². The molecular weight excluding hydrogens is 489 g/mol. The Morgan fingerprint density at radius 2 is 1.74 bits per heavy atom. The van der Waals surface area contributed by atoms with Crippen LogP contribution in [0.15, 0.2) is 73.1 Å². The van der Waals surface area contributed by atoms with Gasteiger partial charge in [0, 0.05) is 23.5 Å². The molecule has 0 aliphatic carbocycles. The Kier molecular flexibility index (Phi) is 7.75. The average Bonchev–Trinajstić information content (AvgIpc) is 3.35. The second-order valence-corrected chi connectivity index (χ2v) is 9.51. The van der Waals surface area contributed by atoms with Gasteiger partial charge in [0.2, 0.25) is 11.7 Å². The minimum atomic E-state index is -1.05. The van der Waals surface area contributed by atoms with Gasteiger partial charge in [-0.1, -0.05) is 12.1 Å². The molecule has 0 saturated carbocycles. The third-order valence-corrected chi connectivity index (χ3v) is 5.47. The number of hydrogen-bond acceptors (Lipinski definition) is 7. The molecule has 1 atom stereocenters. The molecule has 1 N–H and O–H groups in total. The van der Waals surface area contributed by atoms with Crippen molar-refractivity contribution in [3.05, 3.63) is 84.4 Å². The minimum Gasteiger partial charge on any atom is -0.495 e. The maximum atomic E-state index is 14.0. The summed E-state index contributed by atoms with van der Waals surface area (Å²) in [5.74, 6) is -0.621. The van der Waals surface area contributed by atoms with E-state index in [1.807, 2.05) is 20.8 Å². The molecule has 2 amide bonds. The van der Waals surface area contributed by atoms with Crippen LogP contribution in [0.4, 0.5) is 10.1 Å². The van der Waals surface area contributed by atoms with Gasteiger partial charge >= 0.3 is 0 Å².